The topological polar surface area (TPSA) is 88.7 Å². The fourth-order valence-corrected chi connectivity index (χ4v) is 3.73. The minimum Gasteiger partial charge on any atom is -0.497 e. The first-order chi connectivity index (χ1) is 15.1. The van der Waals surface area contributed by atoms with Crippen molar-refractivity contribution < 1.29 is 19.0 Å². The van der Waals surface area contributed by atoms with Crippen LogP contribution in [0.2, 0.25) is 0 Å². The third-order valence-electron chi connectivity index (χ3n) is 5.47. The lowest BCUT2D eigenvalue weighted by atomic mass is 10.1. The Labute approximate surface area is 181 Å². The Morgan fingerprint density at radius 2 is 1.77 bits per heavy atom. The van der Waals surface area contributed by atoms with Gasteiger partial charge in [-0.2, -0.15) is 5.10 Å². The van der Waals surface area contributed by atoms with E-state index in [0.29, 0.717) is 23.6 Å². The predicted molar refractivity (Wildman–Crippen MR) is 118 cm³/mol. The van der Waals surface area contributed by atoms with E-state index in [2.05, 4.69) is 20.4 Å². The van der Waals surface area contributed by atoms with Gasteiger partial charge >= 0.3 is 0 Å². The Morgan fingerprint density at radius 1 is 1.03 bits per heavy atom. The van der Waals surface area contributed by atoms with Crippen molar-refractivity contribution in [2.24, 2.45) is 0 Å². The lowest BCUT2D eigenvalue weighted by molar-refractivity contribution is 0.0937. The Morgan fingerprint density at radius 3 is 2.48 bits per heavy atom. The Kier molecular flexibility index (Phi) is 5.97. The Hall–Kier alpha value is -3.68. The molecule has 0 aliphatic carbocycles. The summed E-state index contributed by atoms with van der Waals surface area (Å²) in [5.74, 6) is 2.65. The summed E-state index contributed by atoms with van der Waals surface area (Å²) in [5, 5.41) is 10.7. The van der Waals surface area contributed by atoms with Crippen LogP contribution in [0, 0.1) is 0 Å². The van der Waals surface area contributed by atoms with E-state index in [4.69, 9.17) is 14.2 Å². The van der Waals surface area contributed by atoms with E-state index in [9.17, 15) is 4.79 Å². The molecule has 1 atom stereocenters. The molecule has 162 valence electrons. The molecular weight excluding hydrogens is 396 g/mol. The number of methoxy groups -OCH3 is 3. The number of aromatic nitrogens is 2. The molecule has 31 heavy (non-hydrogen) atoms. The largest absolute Gasteiger partial charge is 0.497 e. The van der Waals surface area contributed by atoms with Crippen molar-refractivity contribution in [2.75, 3.05) is 39.3 Å². The lowest BCUT2D eigenvalue weighted by Gasteiger charge is -2.17. The molecule has 1 fully saturated rings. The number of anilines is 1. The second-order valence-electron chi connectivity index (χ2n) is 7.34. The van der Waals surface area contributed by atoms with Crippen LogP contribution in [0.15, 0.2) is 48.5 Å². The third kappa shape index (κ3) is 4.42. The highest BCUT2D eigenvalue weighted by molar-refractivity contribution is 5.97. The maximum Gasteiger partial charge on any atom is 0.255 e. The number of rotatable bonds is 7. The number of aromatic amines is 1. The van der Waals surface area contributed by atoms with E-state index in [1.165, 1.54) is 0 Å². The van der Waals surface area contributed by atoms with Gasteiger partial charge in [-0.25, -0.2) is 0 Å². The molecule has 2 heterocycles. The number of nitrogens with one attached hydrogen (secondary N) is 2. The van der Waals surface area contributed by atoms with Gasteiger partial charge in [0.1, 0.15) is 17.2 Å². The van der Waals surface area contributed by atoms with Gasteiger partial charge in [0, 0.05) is 31.3 Å². The quantitative estimate of drug-likeness (QED) is 0.608. The number of benzene rings is 2. The molecule has 0 spiro atoms. The fraction of sp³-hybridized carbons (Fsp3) is 0.304. The van der Waals surface area contributed by atoms with Gasteiger partial charge < -0.3 is 24.4 Å². The van der Waals surface area contributed by atoms with Crippen molar-refractivity contribution in [2.45, 2.75) is 12.5 Å². The van der Waals surface area contributed by atoms with Crippen molar-refractivity contribution in [1.29, 1.82) is 0 Å². The second kappa shape index (κ2) is 8.99. The van der Waals surface area contributed by atoms with Crippen molar-refractivity contribution in [3.05, 3.63) is 54.1 Å². The first kappa shape index (κ1) is 20.6. The van der Waals surface area contributed by atoms with Crippen molar-refractivity contribution in [1.82, 2.24) is 15.5 Å². The second-order valence-corrected chi connectivity index (χ2v) is 7.34. The zero-order chi connectivity index (χ0) is 21.8. The Balaban J connectivity index is 1.40. The highest BCUT2D eigenvalue weighted by Gasteiger charge is 2.27. The number of H-pyrrole nitrogens is 1. The molecule has 0 radical (unpaired) electrons. The van der Waals surface area contributed by atoms with E-state index >= 15 is 0 Å². The van der Waals surface area contributed by atoms with Gasteiger partial charge in [0.2, 0.25) is 0 Å². The van der Waals surface area contributed by atoms with Gasteiger partial charge in [-0.15, -0.1) is 0 Å². The summed E-state index contributed by atoms with van der Waals surface area (Å²) in [5.41, 5.74) is 2.46. The van der Waals surface area contributed by atoms with Crippen LogP contribution < -0.4 is 24.4 Å². The summed E-state index contributed by atoms with van der Waals surface area (Å²) in [6.45, 7) is 1.51. The number of carbonyl (C=O) groups is 1. The van der Waals surface area contributed by atoms with Crippen LogP contribution >= 0.6 is 0 Å². The molecule has 2 aromatic carbocycles. The van der Waals surface area contributed by atoms with Gasteiger partial charge in [-0.1, -0.05) is 0 Å². The maximum absolute atomic E-state index is 12.8. The van der Waals surface area contributed by atoms with Crippen molar-refractivity contribution >= 4 is 11.7 Å². The fourth-order valence-electron chi connectivity index (χ4n) is 3.73. The summed E-state index contributed by atoms with van der Waals surface area (Å²) in [7, 11) is 4.77. The predicted octanol–water partition coefficient (Wildman–Crippen LogP) is 3.11. The average molecular weight is 422 g/mol. The molecule has 3 aromatic rings. The van der Waals surface area contributed by atoms with Crippen LogP contribution in [0.4, 0.5) is 5.82 Å². The summed E-state index contributed by atoms with van der Waals surface area (Å²) < 4.78 is 15.8. The average Bonchev–Trinajstić information content (AvgIpc) is 3.48. The smallest absolute Gasteiger partial charge is 0.255 e. The van der Waals surface area contributed by atoms with Gasteiger partial charge in [0.05, 0.1) is 32.6 Å². The van der Waals surface area contributed by atoms with Crippen molar-refractivity contribution in [3.63, 3.8) is 0 Å². The number of hydrogen-bond acceptors (Lipinski definition) is 6. The molecule has 1 amide bonds. The molecule has 2 N–H and O–H groups in total. The molecule has 1 aliphatic heterocycles. The number of amides is 1. The van der Waals surface area contributed by atoms with E-state index in [-0.39, 0.29) is 11.9 Å². The zero-order valence-electron chi connectivity index (χ0n) is 17.8. The minimum absolute atomic E-state index is 0.0282. The SMILES string of the molecule is COc1ccc(-c2cc(N3CC[C@@H](NC(=O)c4ccc(OC)cc4OC)C3)n[nH]2)cc1. The van der Waals surface area contributed by atoms with Gasteiger partial charge in [0.25, 0.3) is 5.91 Å². The molecular formula is C23H26N4O4. The van der Waals surface area contributed by atoms with E-state index in [1.807, 2.05) is 30.3 Å². The van der Waals surface area contributed by atoms with Crippen LogP contribution in [0.25, 0.3) is 11.3 Å². The molecule has 0 bridgehead atoms. The monoisotopic (exact) mass is 422 g/mol. The summed E-state index contributed by atoms with van der Waals surface area (Å²) in [6, 6.07) is 15.1. The maximum atomic E-state index is 12.8. The number of ether oxygens (including phenoxy) is 3. The lowest BCUT2D eigenvalue weighted by Crippen LogP contribution is -2.37. The third-order valence-corrected chi connectivity index (χ3v) is 5.47. The minimum atomic E-state index is -0.160. The molecule has 1 aromatic heterocycles. The molecule has 1 saturated heterocycles. The van der Waals surface area contributed by atoms with Gasteiger partial charge in [-0.05, 0) is 48.4 Å². The van der Waals surface area contributed by atoms with Crippen LogP contribution in [-0.2, 0) is 0 Å². The van der Waals surface area contributed by atoms with Crippen LogP contribution in [-0.4, -0.2) is 56.6 Å². The summed E-state index contributed by atoms with van der Waals surface area (Å²) in [6.07, 6.45) is 0.842. The summed E-state index contributed by atoms with van der Waals surface area (Å²) >= 11 is 0. The van der Waals surface area contributed by atoms with Crippen molar-refractivity contribution in [3.8, 4) is 28.5 Å². The van der Waals surface area contributed by atoms with Gasteiger partial charge in [-0.3, -0.25) is 9.89 Å². The number of hydrogen-bond donors (Lipinski definition) is 2. The molecule has 8 nitrogen and oxygen atoms in total. The van der Waals surface area contributed by atoms with Gasteiger partial charge in [0.15, 0.2) is 5.82 Å². The standard InChI is InChI=1S/C23H26N4O4/c1-29-17-6-4-15(5-7-17)20-13-22(26-25-20)27-11-10-16(14-27)24-23(28)19-9-8-18(30-2)12-21(19)31-3/h4-9,12-13,16H,10-11,14H2,1-3H3,(H,24,28)(H,25,26)/t16-/m1/s1. The van der Waals surface area contributed by atoms with Crippen LogP contribution in [0.1, 0.15) is 16.8 Å². The normalized spacial score (nSPS) is 15.6. The highest BCUT2D eigenvalue weighted by atomic mass is 16.5. The molecule has 4 rings (SSSR count). The van der Waals surface area contributed by atoms with Crippen LogP contribution in [0.5, 0.6) is 17.2 Å². The number of nitrogens with zero attached hydrogens (tertiary/aromatic N) is 2. The van der Waals surface area contributed by atoms with E-state index in [1.54, 1.807) is 39.5 Å². The van der Waals surface area contributed by atoms with E-state index in [0.717, 1.165) is 35.8 Å². The first-order valence-corrected chi connectivity index (χ1v) is 10.1. The van der Waals surface area contributed by atoms with E-state index < -0.39 is 0 Å². The van der Waals surface area contributed by atoms with Crippen LogP contribution in [0.3, 0.4) is 0 Å². The molecule has 0 unspecified atom stereocenters. The summed E-state index contributed by atoms with van der Waals surface area (Å²) in [4.78, 5) is 14.9. The first-order valence-electron chi connectivity index (χ1n) is 10.1. The highest BCUT2D eigenvalue weighted by Crippen LogP contribution is 2.27. The molecule has 8 heteroatoms. The number of carbonyl (C=O) groups excluding carboxylic acids is 1. The zero-order valence-corrected chi connectivity index (χ0v) is 17.8. The molecule has 1 aliphatic rings. The molecule has 0 saturated carbocycles. The Bertz CT molecular complexity index is 1050.